The maximum Gasteiger partial charge on any atom is 0.0416 e. The van der Waals surface area contributed by atoms with E-state index in [9.17, 15) is 0 Å². The van der Waals surface area contributed by atoms with E-state index in [1.165, 1.54) is 53.7 Å². The van der Waals surface area contributed by atoms with Crippen LogP contribution in [-0.2, 0) is 5.41 Å². The molecule has 0 bridgehead atoms. The van der Waals surface area contributed by atoms with E-state index in [4.69, 9.17) is 0 Å². The Morgan fingerprint density at radius 2 is 1.46 bits per heavy atom. The van der Waals surface area contributed by atoms with Crippen molar-refractivity contribution in [3.8, 4) is 11.1 Å². The minimum atomic E-state index is 0.233. The Balaban J connectivity index is 1.68. The molecule has 0 aliphatic heterocycles. The average molecular weight is 368 g/mol. The van der Waals surface area contributed by atoms with Gasteiger partial charge in [0.05, 0.1) is 0 Å². The van der Waals surface area contributed by atoms with Crippen molar-refractivity contribution < 1.29 is 0 Å². The first-order valence-corrected chi connectivity index (χ1v) is 10.7. The van der Waals surface area contributed by atoms with Gasteiger partial charge in [0, 0.05) is 22.8 Å². The smallest absolute Gasteiger partial charge is 0.0416 e. The minimum absolute atomic E-state index is 0.233. The van der Waals surface area contributed by atoms with Crippen molar-refractivity contribution in [2.45, 2.75) is 57.9 Å². The summed E-state index contributed by atoms with van der Waals surface area (Å²) in [4.78, 5) is 2.49. The topological polar surface area (TPSA) is 3.24 Å². The van der Waals surface area contributed by atoms with Gasteiger partial charge < -0.3 is 4.90 Å². The van der Waals surface area contributed by atoms with Crippen LogP contribution in [-0.4, -0.2) is 6.04 Å². The molecule has 0 unspecified atom stereocenters. The number of rotatable bonds is 3. The molecule has 1 heteroatoms. The fourth-order valence-electron chi connectivity index (χ4n) is 5.63. The zero-order valence-corrected chi connectivity index (χ0v) is 17.2. The summed E-state index contributed by atoms with van der Waals surface area (Å²) in [7, 11) is 0. The number of hydrogen-bond donors (Lipinski definition) is 0. The first kappa shape index (κ1) is 17.6. The van der Waals surface area contributed by atoms with Gasteiger partial charge in [-0.1, -0.05) is 55.3 Å². The highest BCUT2D eigenvalue weighted by Gasteiger charge is 2.45. The minimum Gasteiger partial charge on any atom is -0.339 e. The summed E-state index contributed by atoms with van der Waals surface area (Å²) in [5.74, 6) is 0. The molecule has 28 heavy (non-hydrogen) atoms. The van der Waals surface area contributed by atoms with Gasteiger partial charge in [-0.25, -0.2) is 0 Å². The third-order valence-electron chi connectivity index (χ3n) is 6.78. The van der Waals surface area contributed by atoms with E-state index < -0.39 is 0 Å². The Hall–Kier alpha value is -2.54. The first-order valence-electron chi connectivity index (χ1n) is 10.7. The van der Waals surface area contributed by atoms with Crippen LogP contribution in [0.15, 0.2) is 66.7 Å². The zero-order chi connectivity index (χ0) is 19.3. The van der Waals surface area contributed by atoms with Gasteiger partial charge in [0.15, 0.2) is 0 Å². The number of aryl methyl sites for hydroxylation is 1. The highest BCUT2D eigenvalue weighted by Crippen LogP contribution is 2.57. The number of hydrogen-bond acceptors (Lipinski definition) is 1. The van der Waals surface area contributed by atoms with Crippen molar-refractivity contribution in [2.75, 3.05) is 4.90 Å². The summed E-state index contributed by atoms with van der Waals surface area (Å²) >= 11 is 0. The summed E-state index contributed by atoms with van der Waals surface area (Å²) in [6.07, 6.45) is 5.24. The average Bonchev–Trinajstić information content (AvgIpc) is 3.28. The van der Waals surface area contributed by atoms with Gasteiger partial charge >= 0.3 is 0 Å². The molecule has 3 aromatic carbocycles. The summed E-state index contributed by atoms with van der Waals surface area (Å²) < 4.78 is 0. The monoisotopic (exact) mass is 367 g/mol. The number of fused-ring (bicyclic) bond motifs is 5. The molecule has 1 spiro atoms. The quantitative estimate of drug-likeness (QED) is 0.467. The molecule has 0 radical (unpaired) electrons. The van der Waals surface area contributed by atoms with Crippen LogP contribution in [0.1, 0.15) is 56.2 Å². The van der Waals surface area contributed by atoms with Gasteiger partial charge in [-0.2, -0.15) is 0 Å². The summed E-state index contributed by atoms with van der Waals surface area (Å²) in [5.41, 5.74) is 10.2. The van der Waals surface area contributed by atoms with Gasteiger partial charge in [0.1, 0.15) is 0 Å². The molecule has 3 aromatic rings. The normalized spacial score (nSPS) is 16.4. The highest BCUT2D eigenvalue weighted by molar-refractivity contribution is 5.84. The number of anilines is 2. The van der Waals surface area contributed by atoms with Crippen LogP contribution in [0.3, 0.4) is 0 Å². The molecule has 2 aliphatic rings. The van der Waals surface area contributed by atoms with Gasteiger partial charge in [-0.05, 0) is 85.7 Å². The third kappa shape index (κ3) is 2.53. The Morgan fingerprint density at radius 1 is 0.750 bits per heavy atom. The lowest BCUT2D eigenvalue weighted by Crippen LogP contribution is -2.26. The van der Waals surface area contributed by atoms with Gasteiger partial charge in [-0.15, -0.1) is 0 Å². The molecule has 0 amide bonds. The molecular formula is C27H29N. The molecule has 0 N–H and O–H groups in total. The van der Waals surface area contributed by atoms with Crippen molar-refractivity contribution in [1.82, 2.24) is 0 Å². The van der Waals surface area contributed by atoms with E-state index in [0.29, 0.717) is 6.04 Å². The van der Waals surface area contributed by atoms with Crippen molar-refractivity contribution in [1.29, 1.82) is 0 Å². The van der Waals surface area contributed by atoms with Crippen LogP contribution < -0.4 is 4.90 Å². The van der Waals surface area contributed by atoms with Crippen LogP contribution in [0.5, 0.6) is 0 Å². The Bertz CT molecular complexity index is 1020. The van der Waals surface area contributed by atoms with Gasteiger partial charge in [-0.3, -0.25) is 0 Å². The highest BCUT2D eigenvalue weighted by atomic mass is 15.2. The molecule has 0 atom stereocenters. The molecule has 142 valence electrons. The first-order chi connectivity index (χ1) is 13.6. The predicted molar refractivity (Wildman–Crippen MR) is 120 cm³/mol. The molecule has 1 saturated carbocycles. The largest absolute Gasteiger partial charge is 0.339 e. The molecule has 1 fully saturated rings. The summed E-state index contributed by atoms with van der Waals surface area (Å²) in [6.45, 7) is 6.75. The van der Waals surface area contributed by atoms with E-state index in [1.807, 2.05) is 0 Å². The molecule has 2 aliphatic carbocycles. The maximum absolute atomic E-state index is 2.50. The molecule has 1 nitrogen and oxygen atoms in total. The molecule has 0 heterocycles. The SMILES string of the molecule is Cc1cccc(N(c2ccc3c(c2)C2(CCCC2)c2ccccc2-3)C(C)C)c1. The Kier molecular flexibility index (Phi) is 4.08. The molecular weight excluding hydrogens is 338 g/mol. The lowest BCUT2D eigenvalue weighted by molar-refractivity contribution is 0.550. The fourth-order valence-corrected chi connectivity index (χ4v) is 5.63. The standard InChI is InChI=1S/C27H29N/c1-19(2)28(21-10-8-9-20(3)17-21)22-13-14-24-23-11-4-5-12-25(23)27(26(24)18-22)15-6-7-16-27/h4-5,8-14,17-19H,6-7,15-16H2,1-3H3. The van der Waals surface area contributed by atoms with E-state index in [0.717, 1.165) is 0 Å². The van der Waals surface area contributed by atoms with Crippen LogP contribution in [0.25, 0.3) is 11.1 Å². The Morgan fingerprint density at radius 3 is 2.21 bits per heavy atom. The van der Waals surface area contributed by atoms with E-state index >= 15 is 0 Å². The van der Waals surface area contributed by atoms with Crippen molar-refractivity contribution in [3.63, 3.8) is 0 Å². The Labute approximate surface area is 169 Å². The molecule has 0 saturated heterocycles. The van der Waals surface area contributed by atoms with Crippen LogP contribution in [0.2, 0.25) is 0 Å². The van der Waals surface area contributed by atoms with E-state index in [2.05, 4.69) is 92.4 Å². The van der Waals surface area contributed by atoms with Crippen molar-refractivity contribution >= 4 is 11.4 Å². The molecule has 0 aromatic heterocycles. The molecule has 5 rings (SSSR count). The summed E-state index contributed by atoms with van der Waals surface area (Å²) in [6, 6.07) is 25.6. The number of benzene rings is 3. The van der Waals surface area contributed by atoms with Crippen LogP contribution >= 0.6 is 0 Å². The second-order valence-corrected chi connectivity index (χ2v) is 8.87. The van der Waals surface area contributed by atoms with Crippen molar-refractivity contribution in [2.24, 2.45) is 0 Å². The number of nitrogens with zero attached hydrogens (tertiary/aromatic N) is 1. The lowest BCUT2D eigenvalue weighted by Gasteiger charge is -2.32. The second kappa shape index (κ2) is 6.51. The van der Waals surface area contributed by atoms with Crippen molar-refractivity contribution in [3.05, 3.63) is 83.4 Å². The fraction of sp³-hybridized carbons (Fsp3) is 0.333. The van der Waals surface area contributed by atoms with Crippen LogP contribution in [0.4, 0.5) is 11.4 Å². The van der Waals surface area contributed by atoms with Crippen LogP contribution in [0, 0.1) is 6.92 Å². The third-order valence-corrected chi connectivity index (χ3v) is 6.78. The van der Waals surface area contributed by atoms with E-state index in [1.54, 1.807) is 11.1 Å². The maximum atomic E-state index is 2.50. The van der Waals surface area contributed by atoms with E-state index in [-0.39, 0.29) is 5.41 Å². The van der Waals surface area contributed by atoms with Gasteiger partial charge in [0.2, 0.25) is 0 Å². The zero-order valence-electron chi connectivity index (χ0n) is 17.2. The predicted octanol–water partition coefficient (Wildman–Crippen LogP) is 7.38. The lowest BCUT2D eigenvalue weighted by atomic mass is 9.76. The van der Waals surface area contributed by atoms with Gasteiger partial charge in [0.25, 0.3) is 0 Å². The second-order valence-electron chi connectivity index (χ2n) is 8.87. The summed E-state index contributed by atoms with van der Waals surface area (Å²) in [5, 5.41) is 0.